The van der Waals surface area contributed by atoms with Gasteiger partial charge in [0, 0.05) is 12.8 Å². The van der Waals surface area contributed by atoms with Crippen molar-refractivity contribution in [2.24, 2.45) is 0 Å². The summed E-state index contributed by atoms with van der Waals surface area (Å²) in [6.45, 7) is 8.76. The van der Waals surface area contributed by atoms with Gasteiger partial charge in [-0.05, 0) is 33.3 Å². The van der Waals surface area contributed by atoms with Gasteiger partial charge in [-0.3, -0.25) is 0 Å². The van der Waals surface area contributed by atoms with Crippen molar-refractivity contribution < 1.29 is 4.74 Å². The number of aromatic nitrogens is 3. The van der Waals surface area contributed by atoms with Gasteiger partial charge < -0.3 is 15.0 Å². The number of methoxy groups -OCH3 is 1. The third-order valence-corrected chi connectivity index (χ3v) is 3.39. The molecular formula is C13H20N4O. The Bertz CT molecular complexity index is 588. The molecule has 2 rings (SSSR count). The zero-order chi connectivity index (χ0) is 13.4. The van der Waals surface area contributed by atoms with Gasteiger partial charge in [0.1, 0.15) is 17.3 Å². The van der Waals surface area contributed by atoms with E-state index in [2.05, 4.69) is 35.3 Å². The molecule has 2 aromatic rings. The van der Waals surface area contributed by atoms with E-state index in [4.69, 9.17) is 10.5 Å². The van der Waals surface area contributed by atoms with E-state index in [1.165, 1.54) is 5.69 Å². The maximum Gasteiger partial charge on any atom is 0.146 e. The third kappa shape index (κ3) is 1.84. The van der Waals surface area contributed by atoms with Gasteiger partial charge in [0.2, 0.25) is 0 Å². The summed E-state index contributed by atoms with van der Waals surface area (Å²) in [5, 5.41) is 0.959. The van der Waals surface area contributed by atoms with Gasteiger partial charge in [-0.25, -0.2) is 9.97 Å². The van der Waals surface area contributed by atoms with Gasteiger partial charge in [-0.1, -0.05) is 0 Å². The molecule has 98 valence electrons. The molecule has 0 bridgehead atoms. The summed E-state index contributed by atoms with van der Waals surface area (Å²) in [5.74, 6) is 1.25. The first-order valence-electron chi connectivity index (χ1n) is 6.07. The van der Waals surface area contributed by atoms with Crippen molar-refractivity contribution in [3.63, 3.8) is 0 Å². The average Bonchev–Trinajstić information content (AvgIpc) is 2.51. The number of nitrogens with zero attached hydrogens (tertiary/aromatic N) is 3. The lowest BCUT2D eigenvalue weighted by atomic mass is 10.2. The summed E-state index contributed by atoms with van der Waals surface area (Å²) < 4.78 is 7.42. The molecule has 0 aliphatic heterocycles. The Balaban J connectivity index is 2.76. The molecular weight excluding hydrogens is 228 g/mol. The van der Waals surface area contributed by atoms with Crippen molar-refractivity contribution in [2.45, 2.75) is 33.7 Å². The number of rotatable bonds is 3. The molecule has 1 atom stereocenters. The fraction of sp³-hybridized carbons (Fsp3) is 0.538. The summed E-state index contributed by atoms with van der Waals surface area (Å²) in [6.07, 6.45) is 0. The van der Waals surface area contributed by atoms with Gasteiger partial charge in [0.05, 0.1) is 18.0 Å². The zero-order valence-electron chi connectivity index (χ0n) is 11.6. The normalized spacial score (nSPS) is 13.2. The number of hydrogen-bond acceptors (Lipinski definition) is 4. The third-order valence-electron chi connectivity index (χ3n) is 3.39. The minimum absolute atomic E-state index is 0.222. The van der Waals surface area contributed by atoms with Crippen molar-refractivity contribution in [3.05, 3.63) is 17.1 Å². The van der Waals surface area contributed by atoms with Gasteiger partial charge >= 0.3 is 0 Å². The highest BCUT2D eigenvalue weighted by Gasteiger charge is 2.19. The van der Waals surface area contributed by atoms with Crippen molar-refractivity contribution >= 4 is 16.9 Å². The van der Waals surface area contributed by atoms with Gasteiger partial charge in [0.15, 0.2) is 0 Å². The molecule has 0 aromatic carbocycles. The molecule has 2 aromatic heterocycles. The topological polar surface area (TPSA) is 66.0 Å². The number of anilines is 1. The van der Waals surface area contributed by atoms with Crippen LogP contribution in [0.3, 0.4) is 0 Å². The summed E-state index contributed by atoms with van der Waals surface area (Å²) in [4.78, 5) is 8.78. The Kier molecular flexibility index (Phi) is 3.26. The fourth-order valence-electron chi connectivity index (χ4n) is 2.49. The number of nitrogen functional groups attached to an aromatic ring is 1. The summed E-state index contributed by atoms with van der Waals surface area (Å²) >= 11 is 0. The first kappa shape index (κ1) is 12.8. The molecule has 0 fully saturated rings. The number of nitrogens with two attached hydrogens (primary N) is 1. The van der Waals surface area contributed by atoms with Crippen LogP contribution in [0.15, 0.2) is 0 Å². The molecule has 2 heterocycles. The van der Waals surface area contributed by atoms with Gasteiger partial charge in [-0.15, -0.1) is 0 Å². The first-order chi connectivity index (χ1) is 8.47. The number of fused-ring (bicyclic) bond motifs is 1. The van der Waals surface area contributed by atoms with Crippen LogP contribution in [0.25, 0.3) is 11.0 Å². The van der Waals surface area contributed by atoms with Crippen molar-refractivity contribution in [2.75, 3.05) is 19.5 Å². The van der Waals surface area contributed by atoms with Crippen LogP contribution < -0.4 is 5.73 Å². The Hall–Kier alpha value is -1.62. The van der Waals surface area contributed by atoms with E-state index in [0.717, 1.165) is 16.6 Å². The zero-order valence-corrected chi connectivity index (χ0v) is 11.6. The van der Waals surface area contributed by atoms with E-state index in [-0.39, 0.29) is 6.04 Å². The van der Waals surface area contributed by atoms with E-state index in [1.807, 2.05) is 6.92 Å². The van der Waals surface area contributed by atoms with Gasteiger partial charge in [-0.2, -0.15) is 0 Å². The lowest BCUT2D eigenvalue weighted by Gasteiger charge is -2.16. The van der Waals surface area contributed by atoms with Crippen LogP contribution in [0.4, 0.5) is 5.82 Å². The van der Waals surface area contributed by atoms with E-state index >= 15 is 0 Å². The second-order valence-electron chi connectivity index (χ2n) is 4.74. The molecule has 0 spiro atoms. The monoisotopic (exact) mass is 248 g/mol. The fourth-order valence-corrected chi connectivity index (χ4v) is 2.49. The smallest absolute Gasteiger partial charge is 0.146 e. The number of hydrogen-bond donors (Lipinski definition) is 1. The minimum Gasteiger partial charge on any atom is -0.383 e. The summed E-state index contributed by atoms with van der Waals surface area (Å²) in [6, 6.07) is 0.222. The van der Waals surface area contributed by atoms with Crippen molar-refractivity contribution in [1.82, 2.24) is 14.5 Å². The van der Waals surface area contributed by atoms with E-state index < -0.39 is 0 Å². The Morgan fingerprint density at radius 1 is 1.28 bits per heavy atom. The predicted octanol–water partition coefficient (Wildman–Crippen LogP) is 2.15. The number of aryl methyl sites for hydroxylation is 2. The molecule has 0 aliphatic rings. The largest absolute Gasteiger partial charge is 0.383 e. The van der Waals surface area contributed by atoms with Crippen LogP contribution in [-0.2, 0) is 4.74 Å². The van der Waals surface area contributed by atoms with Crippen LogP contribution in [0.2, 0.25) is 0 Å². The molecule has 2 N–H and O–H groups in total. The molecule has 18 heavy (non-hydrogen) atoms. The average molecular weight is 248 g/mol. The van der Waals surface area contributed by atoms with Crippen molar-refractivity contribution in [3.8, 4) is 0 Å². The lowest BCUT2D eigenvalue weighted by Crippen LogP contribution is -2.13. The molecule has 0 aliphatic carbocycles. The van der Waals surface area contributed by atoms with E-state index in [0.29, 0.717) is 18.2 Å². The lowest BCUT2D eigenvalue weighted by molar-refractivity contribution is 0.163. The highest BCUT2D eigenvalue weighted by Crippen LogP contribution is 2.30. The molecule has 1 unspecified atom stereocenters. The Morgan fingerprint density at radius 2 is 1.94 bits per heavy atom. The summed E-state index contributed by atoms with van der Waals surface area (Å²) in [7, 11) is 1.71. The van der Waals surface area contributed by atoms with E-state index in [1.54, 1.807) is 7.11 Å². The highest BCUT2D eigenvalue weighted by atomic mass is 16.5. The Morgan fingerprint density at radius 3 is 2.56 bits per heavy atom. The number of ether oxygens (including phenoxy) is 1. The second kappa shape index (κ2) is 4.57. The maximum absolute atomic E-state index is 6.02. The minimum atomic E-state index is 0.222. The molecule has 5 heteroatoms. The van der Waals surface area contributed by atoms with Crippen LogP contribution >= 0.6 is 0 Å². The van der Waals surface area contributed by atoms with Crippen LogP contribution in [0.1, 0.15) is 30.0 Å². The first-order valence-corrected chi connectivity index (χ1v) is 6.07. The van der Waals surface area contributed by atoms with Crippen LogP contribution in [0.5, 0.6) is 0 Å². The van der Waals surface area contributed by atoms with Crippen LogP contribution in [0, 0.1) is 20.8 Å². The maximum atomic E-state index is 6.02. The predicted molar refractivity (Wildman–Crippen MR) is 72.7 cm³/mol. The second-order valence-corrected chi connectivity index (χ2v) is 4.74. The highest BCUT2D eigenvalue weighted by molar-refractivity contribution is 5.91. The quantitative estimate of drug-likeness (QED) is 0.903. The SMILES string of the molecule is COCC(C)n1c(C)c(C)c2c(N)nc(C)nc21. The van der Waals surface area contributed by atoms with Crippen LogP contribution in [-0.4, -0.2) is 28.3 Å². The molecule has 0 radical (unpaired) electrons. The molecule has 0 saturated heterocycles. The Labute approximate surface area is 107 Å². The van der Waals surface area contributed by atoms with Crippen molar-refractivity contribution in [1.29, 1.82) is 0 Å². The standard InChI is InChI=1S/C13H20N4O/c1-7(6-18-5)17-9(3)8(2)11-12(14)15-10(4)16-13(11)17/h7H,6H2,1-5H3,(H2,14,15,16). The molecule has 5 nitrogen and oxygen atoms in total. The van der Waals surface area contributed by atoms with E-state index in [9.17, 15) is 0 Å². The van der Waals surface area contributed by atoms with Gasteiger partial charge in [0.25, 0.3) is 0 Å². The summed E-state index contributed by atoms with van der Waals surface area (Å²) in [5.41, 5.74) is 9.23. The molecule has 0 saturated carbocycles. The molecule has 0 amide bonds.